The van der Waals surface area contributed by atoms with Gasteiger partial charge in [0, 0.05) is 31.7 Å². The van der Waals surface area contributed by atoms with Crippen molar-refractivity contribution in [3.05, 3.63) is 34.3 Å². The van der Waals surface area contributed by atoms with Gasteiger partial charge in [-0.2, -0.15) is 0 Å². The van der Waals surface area contributed by atoms with Gasteiger partial charge in [0.05, 0.1) is 13.1 Å². The van der Waals surface area contributed by atoms with Gasteiger partial charge in [-0.05, 0) is 50.0 Å². The molecule has 0 radical (unpaired) electrons. The second-order valence-electron chi connectivity index (χ2n) is 7.20. The van der Waals surface area contributed by atoms with Crippen LogP contribution < -0.4 is 10.6 Å². The number of amides is 1. The molecule has 28 heavy (non-hydrogen) atoms. The minimum absolute atomic E-state index is 0. The fourth-order valence-electron chi connectivity index (χ4n) is 3.22. The zero-order valence-corrected chi connectivity index (χ0v) is 20.4. The van der Waals surface area contributed by atoms with E-state index in [1.807, 2.05) is 25.1 Å². The molecule has 158 valence electrons. The van der Waals surface area contributed by atoms with Crippen molar-refractivity contribution in [3.63, 3.8) is 0 Å². The van der Waals surface area contributed by atoms with Gasteiger partial charge in [-0.25, -0.2) is 4.99 Å². The van der Waals surface area contributed by atoms with Crippen molar-refractivity contribution in [2.45, 2.75) is 39.3 Å². The lowest BCUT2D eigenvalue weighted by Gasteiger charge is -2.24. The number of halogens is 2. The quantitative estimate of drug-likeness (QED) is 0.329. The molecule has 1 aromatic carbocycles. The Kier molecular flexibility index (Phi) is 11.1. The minimum Gasteiger partial charge on any atom is -0.355 e. The van der Waals surface area contributed by atoms with E-state index in [4.69, 9.17) is 11.6 Å². The molecule has 0 aromatic heterocycles. The fourth-order valence-corrected chi connectivity index (χ4v) is 3.34. The van der Waals surface area contributed by atoms with Crippen LogP contribution in [0.15, 0.2) is 23.2 Å². The van der Waals surface area contributed by atoms with E-state index >= 15 is 0 Å². The number of nitrogens with zero attached hydrogens (tertiary/aromatic N) is 3. The van der Waals surface area contributed by atoms with Gasteiger partial charge >= 0.3 is 0 Å². The molecule has 1 amide bonds. The van der Waals surface area contributed by atoms with Crippen LogP contribution in [-0.2, 0) is 11.3 Å². The second kappa shape index (κ2) is 12.5. The summed E-state index contributed by atoms with van der Waals surface area (Å²) in [7, 11) is 3.50. The van der Waals surface area contributed by atoms with Crippen molar-refractivity contribution in [1.29, 1.82) is 0 Å². The molecule has 0 bridgehead atoms. The molecule has 1 saturated heterocycles. The Morgan fingerprint density at radius 3 is 2.75 bits per heavy atom. The first-order chi connectivity index (χ1) is 12.9. The number of nitrogens with one attached hydrogen (secondary N) is 2. The molecule has 1 aliphatic heterocycles. The first-order valence-corrected chi connectivity index (χ1v) is 10.00. The monoisotopic (exact) mass is 521 g/mol. The molecule has 0 spiro atoms. The van der Waals surface area contributed by atoms with Crippen molar-refractivity contribution in [2.75, 3.05) is 40.3 Å². The number of rotatable bonds is 7. The molecule has 0 aliphatic carbocycles. The smallest absolute Gasteiger partial charge is 0.241 e. The van der Waals surface area contributed by atoms with Crippen LogP contribution >= 0.6 is 35.6 Å². The molecular formula is C20H33ClIN5O. The zero-order chi connectivity index (χ0) is 19.8. The highest BCUT2D eigenvalue weighted by atomic mass is 127. The number of likely N-dealkylation sites (tertiary alicyclic amines) is 1. The lowest BCUT2D eigenvalue weighted by atomic mass is 10.1. The van der Waals surface area contributed by atoms with Gasteiger partial charge in [-0.1, -0.05) is 30.7 Å². The Morgan fingerprint density at radius 1 is 1.36 bits per heavy atom. The maximum Gasteiger partial charge on any atom is 0.241 e. The summed E-state index contributed by atoms with van der Waals surface area (Å²) >= 11 is 6.10. The summed E-state index contributed by atoms with van der Waals surface area (Å²) in [5, 5.41) is 7.33. The third kappa shape index (κ3) is 7.75. The first-order valence-electron chi connectivity index (χ1n) is 9.62. The summed E-state index contributed by atoms with van der Waals surface area (Å²) in [5.41, 5.74) is 2.13. The molecule has 1 unspecified atom stereocenters. The fraction of sp³-hybridized carbons (Fsp3) is 0.600. The van der Waals surface area contributed by atoms with E-state index in [0.29, 0.717) is 18.5 Å². The van der Waals surface area contributed by atoms with E-state index < -0.39 is 0 Å². The lowest BCUT2D eigenvalue weighted by Crippen LogP contribution is -2.47. The number of hydrogen-bond donors (Lipinski definition) is 2. The van der Waals surface area contributed by atoms with E-state index in [0.717, 1.165) is 35.8 Å². The highest BCUT2D eigenvalue weighted by molar-refractivity contribution is 14.0. The molecule has 2 rings (SSSR count). The van der Waals surface area contributed by atoms with Crippen LogP contribution in [0.2, 0.25) is 5.02 Å². The van der Waals surface area contributed by atoms with Crippen molar-refractivity contribution in [1.82, 2.24) is 20.4 Å². The standard InChI is InChI=1S/C20H32ClN5O.HI/c1-5-26-10-6-7-17(26)13-23-20(24-14-19(27)25(3)4)22-12-16-8-9-18(21)15(2)11-16;/h8-9,11,17H,5-7,10,12-14H2,1-4H3,(H2,22,23,24);1H. The highest BCUT2D eigenvalue weighted by Crippen LogP contribution is 2.17. The Morgan fingerprint density at radius 2 is 2.11 bits per heavy atom. The number of aliphatic imine (C=N–C) groups is 1. The van der Waals surface area contributed by atoms with E-state index in [1.165, 1.54) is 12.8 Å². The van der Waals surface area contributed by atoms with E-state index in [2.05, 4.69) is 27.4 Å². The van der Waals surface area contributed by atoms with E-state index in [-0.39, 0.29) is 36.4 Å². The Hall–Kier alpha value is -1.06. The number of aryl methyl sites for hydroxylation is 1. The Balaban J connectivity index is 0.00000392. The van der Waals surface area contributed by atoms with Crippen molar-refractivity contribution >= 4 is 47.4 Å². The SMILES string of the molecule is CCN1CCCC1CNC(=NCc1ccc(Cl)c(C)c1)NCC(=O)N(C)C.I. The predicted molar refractivity (Wildman–Crippen MR) is 128 cm³/mol. The van der Waals surface area contributed by atoms with Gasteiger partial charge < -0.3 is 15.5 Å². The molecule has 0 saturated carbocycles. The summed E-state index contributed by atoms with van der Waals surface area (Å²) in [4.78, 5) is 20.6. The summed E-state index contributed by atoms with van der Waals surface area (Å²) in [6.45, 7) is 8.00. The average Bonchev–Trinajstić information content (AvgIpc) is 3.11. The summed E-state index contributed by atoms with van der Waals surface area (Å²) in [5.74, 6) is 0.684. The molecule has 8 heteroatoms. The number of likely N-dealkylation sites (N-methyl/N-ethyl adjacent to an activating group) is 2. The number of benzene rings is 1. The van der Waals surface area contributed by atoms with Crippen LogP contribution in [0.1, 0.15) is 30.9 Å². The summed E-state index contributed by atoms with van der Waals surface area (Å²) in [6, 6.07) is 6.45. The van der Waals surface area contributed by atoms with E-state index in [1.54, 1.807) is 19.0 Å². The molecule has 1 aliphatic rings. The van der Waals surface area contributed by atoms with Crippen molar-refractivity contribution in [2.24, 2.45) is 4.99 Å². The Labute approximate surface area is 191 Å². The number of carbonyl (C=O) groups is 1. The molecule has 1 aromatic rings. The van der Waals surface area contributed by atoms with Crippen LogP contribution in [0, 0.1) is 6.92 Å². The molecule has 6 nitrogen and oxygen atoms in total. The number of guanidine groups is 1. The van der Waals surface area contributed by atoms with Crippen molar-refractivity contribution in [3.8, 4) is 0 Å². The largest absolute Gasteiger partial charge is 0.355 e. The maximum absolute atomic E-state index is 11.9. The summed E-state index contributed by atoms with van der Waals surface area (Å²) < 4.78 is 0. The van der Waals surface area contributed by atoms with E-state index in [9.17, 15) is 4.79 Å². The zero-order valence-electron chi connectivity index (χ0n) is 17.3. The number of hydrogen-bond acceptors (Lipinski definition) is 3. The van der Waals surface area contributed by atoms with Crippen molar-refractivity contribution < 1.29 is 4.79 Å². The third-order valence-corrected chi connectivity index (χ3v) is 5.38. The minimum atomic E-state index is 0. The highest BCUT2D eigenvalue weighted by Gasteiger charge is 2.22. The van der Waals surface area contributed by atoms with Gasteiger partial charge in [-0.3, -0.25) is 9.69 Å². The average molecular weight is 522 g/mol. The molecule has 2 N–H and O–H groups in total. The molecule has 1 atom stereocenters. The van der Waals surface area contributed by atoms with Crippen LogP contribution in [-0.4, -0.2) is 68.0 Å². The predicted octanol–water partition coefficient (Wildman–Crippen LogP) is 2.87. The lowest BCUT2D eigenvalue weighted by molar-refractivity contribution is -0.127. The van der Waals surface area contributed by atoms with Crippen LogP contribution in [0.4, 0.5) is 0 Å². The number of carbonyl (C=O) groups excluding carboxylic acids is 1. The van der Waals surface area contributed by atoms with Gasteiger partial charge in [-0.15, -0.1) is 24.0 Å². The van der Waals surface area contributed by atoms with Gasteiger partial charge in [0.25, 0.3) is 0 Å². The molecule has 1 heterocycles. The summed E-state index contributed by atoms with van der Waals surface area (Å²) in [6.07, 6.45) is 2.43. The van der Waals surface area contributed by atoms with Crippen LogP contribution in [0.5, 0.6) is 0 Å². The van der Waals surface area contributed by atoms with Crippen LogP contribution in [0.3, 0.4) is 0 Å². The maximum atomic E-state index is 11.9. The Bertz CT molecular complexity index is 668. The molecular weight excluding hydrogens is 489 g/mol. The van der Waals surface area contributed by atoms with Gasteiger partial charge in [0.1, 0.15) is 0 Å². The normalized spacial score (nSPS) is 17.2. The first kappa shape index (κ1) is 25.0. The third-order valence-electron chi connectivity index (χ3n) is 4.96. The van der Waals surface area contributed by atoms with Crippen LogP contribution in [0.25, 0.3) is 0 Å². The molecule has 1 fully saturated rings. The van der Waals surface area contributed by atoms with Gasteiger partial charge in [0.2, 0.25) is 5.91 Å². The van der Waals surface area contributed by atoms with Gasteiger partial charge in [0.15, 0.2) is 5.96 Å². The second-order valence-corrected chi connectivity index (χ2v) is 7.60. The topological polar surface area (TPSA) is 60.0 Å².